The van der Waals surface area contributed by atoms with Crippen LogP contribution in [-0.2, 0) is 22.6 Å². The molecule has 1 aromatic carbocycles. The maximum Gasteiger partial charge on any atom is 0.374 e. The van der Waals surface area contributed by atoms with E-state index >= 15 is 0 Å². The number of methoxy groups -OCH3 is 3. The van der Waals surface area contributed by atoms with Crippen LogP contribution in [0.5, 0.6) is 17.2 Å². The Labute approximate surface area is 178 Å². The van der Waals surface area contributed by atoms with E-state index < -0.39 is 18.5 Å². The van der Waals surface area contributed by atoms with Crippen molar-refractivity contribution in [2.75, 3.05) is 27.9 Å². The molecule has 1 N–H and O–H groups in total. The van der Waals surface area contributed by atoms with Crippen molar-refractivity contribution in [3.8, 4) is 17.2 Å². The third-order valence-corrected chi connectivity index (χ3v) is 4.34. The van der Waals surface area contributed by atoms with E-state index in [-0.39, 0.29) is 12.3 Å². The summed E-state index contributed by atoms with van der Waals surface area (Å²) in [5.41, 5.74) is 0.675. The van der Waals surface area contributed by atoms with Gasteiger partial charge in [0.1, 0.15) is 11.5 Å². The molecule has 10 heteroatoms. The molecule has 0 radical (unpaired) electrons. The molecule has 10 nitrogen and oxygen atoms in total. The molecule has 0 spiro atoms. The number of nitrogens with zero attached hydrogens (tertiary/aromatic N) is 2. The normalized spacial score (nSPS) is 10.4. The van der Waals surface area contributed by atoms with Crippen LogP contribution in [0.2, 0.25) is 0 Å². The van der Waals surface area contributed by atoms with Crippen LogP contribution in [0.15, 0.2) is 47.1 Å². The number of benzene rings is 1. The zero-order valence-corrected chi connectivity index (χ0v) is 17.4. The zero-order valence-electron chi connectivity index (χ0n) is 17.4. The first-order valence-electron chi connectivity index (χ1n) is 9.33. The molecule has 0 atom stereocenters. The molecular weight excluding hydrogens is 406 g/mol. The van der Waals surface area contributed by atoms with E-state index in [4.69, 9.17) is 23.4 Å². The average molecular weight is 429 g/mol. The van der Waals surface area contributed by atoms with Crippen molar-refractivity contribution in [3.63, 3.8) is 0 Å². The lowest BCUT2D eigenvalue weighted by Crippen LogP contribution is -2.28. The topological polar surface area (TPSA) is 114 Å². The van der Waals surface area contributed by atoms with Gasteiger partial charge in [0.2, 0.25) is 5.76 Å². The van der Waals surface area contributed by atoms with Crippen molar-refractivity contribution in [1.82, 2.24) is 15.1 Å². The minimum atomic E-state index is -0.731. The highest BCUT2D eigenvalue weighted by Gasteiger charge is 2.16. The molecule has 0 aliphatic rings. The SMILES string of the molecule is COc1cc(OC)c(OC)cc1CNC(=O)COC(=O)c1ccc(Cn2cccn2)o1. The van der Waals surface area contributed by atoms with Gasteiger partial charge in [-0.25, -0.2) is 4.79 Å². The molecule has 164 valence electrons. The Morgan fingerprint density at radius 2 is 1.81 bits per heavy atom. The molecule has 3 aromatic rings. The molecule has 2 heterocycles. The highest BCUT2D eigenvalue weighted by Crippen LogP contribution is 2.34. The molecule has 2 aromatic heterocycles. The van der Waals surface area contributed by atoms with Crippen molar-refractivity contribution in [1.29, 1.82) is 0 Å². The van der Waals surface area contributed by atoms with Gasteiger partial charge in [-0.2, -0.15) is 5.10 Å². The molecule has 0 saturated heterocycles. The van der Waals surface area contributed by atoms with Crippen LogP contribution < -0.4 is 19.5 Å². The van der Waals surface area contributed by atoms with E-state index in [2.05, 4.69) is 10.4 Å². The molecule has 0 saturated carbocycles. The first-order valence-corrected chi connectivity index (χ1v) is 9.33. The molecular formula is C21H23N3O7. The largest absolute Gasteiger partial charge is 0.496 e. The number of hydrogen-bond donors (Lipinski definition) is 1. The summed E-state index contributed by atoms with van der Waals surface area (Å²) in [5, 5.41) is 6.74. The second-order valence-corrected chi connectivity index (χ2v) is 6.34. The number of esters is 1. The van der Waals surface area contributed by atoms with Gasteiger partial charge in [-0.3, -0.25) is 9.48 Å². The van der Waals surface area contributed by atoms with E-state index in [1.54, 1.807) is 41.3 Å². The number of carbonyl (C=O) groups is 2. The van der Waals surface area contributed by atoms with Gasteiger partial charge in [0.25, 0.3) is 5.91 Å². The van der Waals surface area contributed by atoms with Gasteiger partial charge in [-0.1, -0.05) is 0 Å². The van der Waals surface area contributed by atoms with E-state index in [0.29, 0.717) is 35.1 Å². The number of amides is 1. The Kier molecular flexibility index (Phi) is 7.15. The predicted octanol–water partition coefficient (Wildman–Crippen LogP) is 2.02. The van der Waals surface area contributed by atoms with E-state index in [0.717, 1.165) is 0 Å². The van der Waals surface area contributed by atoms with E-state index in [9.17, 15) is 9.59 Å². The lowest BCUT2D eigenvalue weighted by Gasteiger charge is -2.14. The van der Waals surface area contributed by atoms with Crippen LogP contribution in [0.4, 0.5) is 0 Å². The molecule has 0 bridgehead atoms. The quantitative estimate of drug-likeness (QED) is 0.487. The number of furan rings is 1. The van der Waals surface area contributed by atoms with Gasteiger partial charge in [0.15, 0.2) is 18.1 Å². The Hall–Kier alpha value is -3.95. The minimum Gasteiger partial charge on any atom is -0.496 e. The smallest absolute Gasteiger partial charge is 0.374 e. The lowest BCUT2D eigenvalue weighted by molar-refractivity contribution is -0.124. The van der Waals surface area contributed by atoms with Gasteiger partial charge in [0.05, 0.1) is 27.9 Å². The van der Waals surface area contributed by atoms with Crippen LogP contribution in [0, 0.1) is 0 Å². The number of rotatable bonds is 10. The van der Waals surface area contributed by atoms with Crippen LogP contribution in [0.3, 0.4) is 0 Å². The summed E-state index contributed by atoms with van der Waals surface area (Å²) >= 11 is 0. The molecule has 0 aliphatic carbocycles. The molecule has 0 fully saturated rings. The molecule has 1 amide bonds. The van der Waals surface area contributed by atoms with Gasteiger partial charge >= 0.3 is 5.97 Å². The van der Waals surface area contributed by atoms with Crippen LogP contribution in [0.25, 0.3) is 0 Å². The summed E-state index contributed by atoms with van der Waals surface area (Å²) in [6.07, 6.45) is 3.42. The summed E-state index contributed by atoms with van der Waals surface area (Å²) in [6, 6.07) is 8.30. The third-order valence-electron chi connectivity index (χ3n) is 4.34. The molecule has 31 heavy (non-hydrogen) atoms. The third kappa shape index (κ3) is 5.56. The van der Waals surface area contributed by atoms with Crippen LogP contribution in [0.1, 0.15) is 21.9 Å². The fraction of sp³-hybridized carbons (Fsp3) is 0.286. The van der Waals surface area contributed by atoms with Crippen molar-refractivity contribution in [3.05, 3.63) is 59.8 Å². The van der Waals surface area contributed by atoms with Crippen molar-refractivity contribution >= 4 is 11.9 Å². The lowest BCUT2D eigenvalue weighted by atomic mass is 10.1. The minimum absolute atomic E-state index is 0.0107. The molecule has 3 rings (SSSR count). The van der Waals surface area contributed by atoms with E-state index in [1.807, 2.05) is 0 Å². The first kappa shape index (κ1) is 21.8. The monoisotopic (exact) mass is 429 g/mol. The van der Waals surface area contributed by atoms with Gasteiger partial charge in [-0.05, 0) is 24.3 Å². The highest BCUT2D eigenvalue weighted by atomic mass is 16.5. The Bertz CT molecular complexity index is 1030. The van der Waals surface area contributed by atoms with Crippen LogP contribution in [-0.4, -0.2) is 49.6 Å². The zero-order chi connectivity index (χ0) is 22.2. The number of aromatic nitrogens is 2. The number of nitrogens with one attached hydrogen (secondary N) is 1. The second-order valence-electron chi connectivity index (χ2n) is 6.34. The Balaban J connectivity index is 1.51. The summed E-state index contributed by atoms with van der Waals surface area (Å²) in [5.74, 6) is 0.878. The molecule has 0 aliphatic heterocycles. The summed E-state index contributed by atoms with van der Waals surface area (Å²) in [7, 11) is 4.55. The standard InChI is InChI=1S/C21H23N3O7/c1-27-17-10-19(29-3)18(28-2)9-14(17)11-22-20(25)13-30-21(26)16-6-5-15(31-16)12-24-8-4-7-23-24/h4-10H,11-13H2,1-3H3,(H,22,25). The number of carbonyl (C=O) groups excluding carboxylic acids is 2. The summed E-state index contributed by atoms with van der Waals surface area (Å²) in [4.78, 5) is 24.2. The number of hydrogen-bond acceptors (Lipinski definition) is 8. The Morgan fingerprint density at radius 1 is 1.06 bits per heavy atom. The van der Waals surface area contributed by atoms with Gasteiger partial charge < -0.3 is 28.7 Å². The maximum absolute atomic E-state index is 12.1. The predicted molar refractivity (Wildman–Crippen MR) is 108 cm³/mol. The highest BCUT2D eigenvalue weighted by molar-refractivity contribution is 5.88. The van der Waals surface area contributed by atoms with Crippen molar-refractivity contribution in [2.24, 2.45) is 0 Å². The van der Waals surface area contributed by atoms with Crippen LogP contribution >= 0.6 is 0 Å². The summed E-state index contributed by atoms with van der Waals surface area (Å²) < 4.78 is 28.0. The second kappa shape index (κ2) is 10.2. The fourth-order valence-electron chi connectivity index (χ4n) is 2.80. The molecule has 0 unspecified atom stereocenters. The first-order chi connectivity index (χ1) is 15.0. The maximum atomic E-state index is 12.1. The van der Waals surface area contributed by atoms with Crippen molar-refractivity contribution < 1.29 is 33.0 Å². The van der Waals surface area contributed by atoms with E-state index in [1.165, 1.54) is 27.4 Å². The average Bonchev–Trinajstić information content (AvgIpc) is 3.48. The fourth-order valence-corrected chi connectivity index (χ4v) is 2.80. The Morgan fingerprint density at radius 3 is 2.48 bits per heavy atom. The number of ether oxygens (including phenoxy) is 4. The van der Waals surface area contributed by atoms with Crippen molar-refractivity contribution in [2.45, 2.75) is 13.1 Å². The van der Waals surface area contributed by atoms with Gasteiger partial charge in [-0.15, -0.1) is 0 Å². The summed E-state index contributed by atoms with van der Waals surface area (Å²) in [6.45, 7) is 0.0756. The van der Waals surface area contributed by atoms with Gasteiger partial charge in [0, 0.05) is 30.6 Å².